The van der Waals surface area contributed by atoms with Crippen molar-refractivity contribution in [2.45, 2.75) is 0 Å². The van der Waals surface area contributed by atoms with Crippen molar-refractivity contribution in [2.75, 3.05) is 4.90 Å². The van der Waals surface area contributed by atoms with E-state index >= 15 is 0 Å². The van der Waals surface area contributed by atoms with Crippen molar-refractivity contribution in [1.82, 2.24) is 4.57 Å². The molecule has 0 aliphatic carbocycles. The lowest BCUT2D eigenvalue weighted by Gasteiger charge is -2.27. The van der Waals surface area contributed by atoms with Crippen LogP contribution in [0, 0.1) is 0 Å². The molecule has 0 bridgehead atoms. The number of anilines is 3. The number of benzene rings is 13. The van der Waals surface area contributed by atoms with Crippen molar-refractivity contribution in [3.05, 3.63) is 315 Å². The lowest BCUT2D eigenvalue weighted by Crippen LogP contribution is -2.10. The Morgan fingerprint density at radius 1 is 0.247 bits per heavy atom. The van der Waals surface area contributed by atoms with E-state index in [-0.39, 0.29) is 0 Å². The average molecular weight is 1030 g/mol. The van der Waals surface area contributed by atoms with Crippen LogP contribution in [0.1, 0.15) is 0 Å². The standard InChI is InChI=1S/C78H52N2O/c1-5-18-53(19-6-1)56-34-42-63(43-35-56)79(64-44-36-57(37-45-64)54-20-7-2-8-21-54)66-27-15-26-61(50-66)67-29-16-30-68(77(67)59-24-11-4-12-25-59)62-41-49-75-73(52-62)72-51-60(55-22-9-3-10-23-55)40-48-74(72)80(75)65-46-38-58(39-47-65)69-31-17-32-71-70-28-13-14-33-76(70)81-78(69)71/h1-52H. The fourth-order valence-corrected chi connectivity index (χ4v) is 12.1. The molecule has 0 saturated heterocycles. The third-order valence-corrected chi connectivity index (χ3v) is 16.0. The van der Waals surface area contributed by atoms with Gasteiger partial charge < -0.3 is 13.9 Å². The van der Waals surface area contributed by atoms with E-state index in [1.54, 1.807) is 0 Å². The summed E-state index contributed by atoms with van der Waals surface area (Å²) in [6.45, 7) is 0. The van der Waals surface area contributed by atoms with Crippen molar-refractivity contribution >= 4 is 60.8 Å². The monoisotopic (exact) mass is 1030 g/mol. The highest BCUT2D eigenvalue weighted by atomic mass is 16.3. The molecule has 0 spiro atoms. The molecule has 3 heteroatoms. The average Bonchev–Trinajstić information content (AvgIpc) is 4.22. The summed E-state index contributed by atoms with van der Waals surface area (Å²) in [6.07, 6.45) is 0. The second-order valence-corrected chi connectivity index (χ2v) is 20.8. The van der Waals surface area contributed by atoms with Crippen LogP contribution in [0.4, 0.5) is 17.1 Å². The van der Waals surface area contributed by atoms with Crippen LogP contribution in [0.2, 0.25) is 0 Å². The maximum Gasteiger partial charge on any atom is 0.143 e. The lowest BCUT2D eigenvalue weighted by molar-refractivity contribution is 0.670. The molecule has 0 aliphatic rings. The zero-order chi connectivity index (χ0) is 53.6. The molecule has 0 saturated carbocycles. The van der Waals surface area contributed by atoms with Crippen molar-refractivity contribution in [1.29, 1.82) is 0 Å². The van der Waals surface area contributed by atoms with Gasteiger partial charge in [-0.3, -0.25) is 0 Å². The molecular formula is C78H52N2O. The summed E-state index contributed by atoms with van der Waals surface area (Å²) >= 11 is 0. The van der Waals surface area contributed by atoms with Crippen molar-refractivity contribution in [3.63, 3.8) is 0 Å². The van der Waals surface area contributed by atoms with Gasteiger partial charge in [0.25, 0.3) is 0 Å². The summed E-state index contributed by atoms with van der Waals surface area (Å²) in [7, 11) is 0. The number of fused-ring (bicyclic) bond motifs is 6. The van der Waals surface area contributed by atoms with E-state index in [1.165, 1.54) is 55.3 Å². The highest BCUT2D eigenvalue weighted by Crippen LogP contribution is 2.46. The van der Waals surface area contributed by atoms with Gasteiger partial charge in [0.2, 0.25) is 0 Å². The largest absolute Gasteiger partial charge is 0.455 e. The van der Waals surface area contributed by atoms with Gasteiger partial charge in [0.05, 0.1) is 11.0 Å². The Kier molecular flexibility index (Phi) is 11.9. The Bertz CT molecular complexity index is 4670. The Hall–Kier alpha value is -10.7. The number of furan rings is 1. The number of nitrogens with zero attached hydrogens (tertiary/aromatic N) is 2. The summed E-state index contributed by atoms with van der Waals surface area (Å²) in [5, 5.41) is 4.65. The van der Waals surface area contributed by atoms with Gasteiger partial charge in [0.1, 0.15) is 11.2 Å². The first kappa shape index (κ1) is 47.5. The third kappa shape index (κ3) is 8.66. The number of hydrogen-bond acceptors (Lipinski definition) is 2. The lowest BCUT2D eigenvalue weighted by atomic mass is 9.87. The smallest absolute Gasteiger partial charge is 0.143 e. The molecule has 0 aliphatic heterocycles. The molecule has 0 atom stereocenters. The van der Waals surface area contributed by atoms with E-state index in [2.05, 4.69) is 313 Å². The highest BCUT2D eigenvalue weighted by molar-refractivity contribution is 6.13. The van der Waals surface area contributed by atoms with Crippen molar-refractivity contribution in [2.24, 2.45) is 0 Å². The quantitative estimate of drug-likeness (QED) is 0.129. The highest BCUT2D eigenvalue weighted by Gasteiger charge is 2.21. The van der Waals surface area contributed by atoms with Gasteiger partial charge in [0, 0.05) is 49.9 Å². The Morgan fingerprint density at radius 2 is 0.667 bits per heavy atom. The van der Waals surface area contributed by atoms with Gasteiger partial charge in [0.15, 0.2) is 0 Å². The van der Waals surface area contributed by atoms with Crippen LogP contribution < -0.4 is 4.90 Å². The van der Waals surface area contributed by atoms with Gasteiger partial charge in [-0.25, -0.2) is 0 Å². The summed E-state index contributed by atoms with van der Waals surface area (Å²) in [6, 6.07) is 114. The minimum absolute atomic E-state index is 0.901. The molecule has 81 heavy (non-hydrogen) atoms. The fourth-order valence-electron chi connectivity index (χ4n) is 12.1. The van der Waals surface area contributed by atoms with Gasteiger partial charge in [-0.2, -0.15) is 0 Å². The first-order chi connectivity index (χ1) is 40.2. The van der Waals surface area contributed by atoms with Crippen LogP contribution >= 0.6 is 0 Å². The van der Waals surface area contributed by atoms with Crippen LogP contribution in [-0.4, -0.2) is 4.57 Å². The SMILES string of the molecule is c1ccc(-c2ccc(N(c3ccc(-c4ccccc4)cc3)c3cccc(-c4cccc(-c5ccc6c(c5)c5cc(-c7ccccc7)ccc5n6-c5ccc(-c6cccc7c6oc6ccccc67)cc5)c4-c4ccccc4)c3)cc2)cc1. The van der Waals surface area contributed by atoms with Gasteiger partial charge in [-0.05, 0) is 151 Å². The molecule has 15 aromatic rings. The van der Waals surface area contributed by atoms with E-state index in [0.717, 1.165) is 89.1 Å². The van der Waals surface area contributed by atoms with E-state index in [0.29, 0.717) is 0 Å². The van der Waals surface area contributed by atoms with Crippen LogP contribution in [0.15, 0.2) is 320 Å². The minimum atomic E-state index is 0.901. The zero-order valence-electron chi connectivity index (χ0n) is 44.3. The van der Waals surface area contributed by atoms with E-state index in [4.69, 9.17) is 4.42 Å². The number of rotatable bonds is 11. The topological polar surface area (TPSA) is 21.3 Å². The number of para-hydroxylation sites is 2. The first-order valence-corrected chi connectivity index (χ1v) is 27.7. The van der Waals surface area contributed by atoms with Crippen molar-refractivity contribution in [3.8, 4) is 83.6 Å². The molecule has 2 aromatic heterocycles. The Balaban J connectivity index is 0.864. The number of aromatic nitrogens is 1. The second-order valence-electron chi connectivity index (χ2n) is 20.8. The molecule has 13 aromatic carbocycles. The zero-order valence-corrected chi connectivity index (χ0v) is 44.3. The molecular weight excluding hydrogens is 981 g/mol. The summed E-state index contributed by atoms with van der Waals surface area (Å²) in [5.41, 5.74) is 24.7. The van der Waals surface area contributed by atoms with E-state index in [9.17, 15) is 0 Å². The maximum atomic E-state index is 6.49. The molecule has 0 amide bonds. The molecule has 0 N–H and O–H groups in total. The predicted molar refractivity (Wildman–Crippen MR) is 341 cm³/mol. The van der Waals surface area contributed by atoms with Gasteiger partial charge >= 0.3 is 0 Å². The summed E-state index contributed by atoms with van der Waals surface area (Å²) in [4.78, 5) is 2.38. The van der Waals surface area contributed by atoms with E-state index in [1.807, 2.05) is 12.1 Å². The van der Waals surface area contributed by atoms with Gasteiger partial charge in [-0.1, -0.05) is 237 Å². The summed E-state index contributed by atoms with van der Waals surface area (Å²) in [5.74, 6) is 0. The molecule has 380 valence electrons. The molecule has 3 nitrogen and oxygen atoms in total. The molecule has 0 radical (unpaired) electrons. The number of hydrogen-bond donors (Lipinski definition) is 0. The normalized spacial score (nSPS) is 11.5. The van der Waals surface area contributed by atoms with Crippen LogP contribution in [0.3, 0.4) is 0 Å². The van der Waals surface area contributed by atoms with Crippen LogP contribution in [0.25, 0.3) is 127 Å². The van der Waals surface area contributed by atoms with Crippen molar-refractivity contribution < 1.29 is 4.42 Å². The second kappa shape index (κ2) is 20.2. The Labute approximate surface area is 471 Å². The molecule has 15 rings (SSSR count). The molecule has 0 unspecified atom stereocenters. The maximum absolute atomic E-state index is 6.49. The minimum Gasteiger partial charge on any atom is -0.455 e. The fraction of sp³-hybridized carbons (Fsp3) is 0. The third-order valence-electron chi connectivity index (χ3n) is 16.0. The Morgan fingerprint density at radius 3 is 1.27 bits per heavy atom. The van der Waals surface area contributed by atoms with Crippen LogP contribution in [-0.2, 0) is 0 Å². The predicted octanol–water partition coefficient (Wildman–Crippen LogP) is 21.8. The van der Waals surface area contributed by atoms with Gasteiger partial charge in [-0.15, -0.1) is 0 Å². The molecule has 2 heterocycles. The molecule has 0 fully saturated rings. The van der Waals surface area contributed by atoms with E-state index < -0.39 is 0 Å². The first-order valence-electron chi connectivity index (χ1n) is 27.7. The van der Waals surface area contributed by atoms with Crippen LogP contribution in [0.5, 0.6) is 0 Å². The summed E-state index contributed by atoms with van der Waals surface area (Å²) < 4.78 is 8.91.